The number of amides is 1. The number of ether oxygens (including phenoxy) is 2. The molecule has 36 heavy (non-hydrogen) atoms. The average molecular weight is 487 g/mol. The minimum Gasteiger partial charge on any atom is -0.497 e. The predicted octanol–water partition coefficient (Wildman–Crippen LogP) is 5.49. The molecule has 188 valence electrons. The molecule has 0 radical (unpaired) electrons. The summed E-state index contributed by atoms with van der Waals surface area (Å²) in [7, 11) is 3.16. The van der Waals surface area contributed by atoms with Crippen molar-refractivity contribution in [3.05, 3.63) is 83.3 Å². The third-order valence-electron chi connectivity index (χ3n) is 6.41. The van der Waals surface area contributed by atoms with Gasteiger partial charge in [0, 0.05) is 18.8 Å². The monoisotopic (exact) mass is 486 g/mol. The van der Waals surface area contributed by atoms with Crippen molar-refractivity contribution in [2.24, 2.45) is 5.92 Å². The number of fused-ring (bicyclic) bond motifs is 1. The minimum absolute atomic E-state index is 0.0994. The fourth-order valence-corrected chi connectivity index (χ4v) is 4.23. The lowest BCUT2D eigenvalue weighted by Gasteiger charge is -2.25. The molecule has 4 aromatic rings. The van der Waals surface area contributed by atoms with Gasteiger partial charge in [-0.1, -0.05) is 38.1 Å². The van der Waals surface area contributed by atoms with E-state index in [1.165, 1.54) is 11.1 Å². The smallest absolute Gasteiger partial charge is 0.258 e. The summed E-state index contributed by atoms with van der Waals surface area (Å²) in [5.41, 5.74) is 4.53. The number of aromatic nitrogens is 3. The maximum absolute atomic E-state index is 13.8. The lowest BCUT2D eigenvalue weighted by atomic mass is 10.1. The van der Waals surface area contributed by atoms with E-state index in [1.807, 2.05) is 29.2 Å². The van der Waals surface area contributed by atoms with E-state index in [4.69, 9.17) is 14.5 Å². The van der Waals surface area contributed by atoms with Gasteiger partial charge in [-0.25, -0.2) is 9.97 Å². The molecule has 4 rings (SSSR count). The van der Waals surface area contributed by atoms with Gasteiger partial charge in [0.15, 0.2) is 5.65 Å². The molecule has 0 aliphatic heterocycles. The fraction of sp³-hybridized carbons (Fsp3) is 0.345. The number of carbonyl (C=O) groups is 1. The largest absolute Gasteiger partial charge is 0.497 e. The summed E-state index contributed by atoms with van der Waals surface area (Å²) in [5.74, 6) is 2.28. The van der Waals surface area contributed by atoms with Crippen LogP contribution in [-0.2, 0) is 13.1 Å². The zero-order chi connectivity index (χ0) is 25.7. The van der Waals surface area contributed by atoms with Crippen molar-refractivity contribution in [1.29, 1.82) is 0 Å². The number of rotatable bonds is 10. The highest BCUT2D eigenvalue weighted by molar-refractivity contribution is 5.97. The molecule has 0 aliphatic carbocycles. The van der Waals surface area contributed by atoms with Crippen LogP contribution in [-0.4, -0.2) is 46.1 Å². The highest BCUT2D eigenvalue weighted by Gasteiger charge is 2.24. The number of pyridine rings is 1. The van der Waals surface area contributed by atoms with Crippen molar-refractivity contribution in [3.8, 4) is 11.5 Å². The molecule has 1 amide bonds. The van der Waals surface area contributed by atoms with Crippen molar-refractivity contribution < 1.29 is 14.3 Å². The maximum Gasteiger partial charge on any atom is 0.258 e. The van der Waals surface area contributed by atoms with Gasteiger partial charge in [-0.3, -0.25) is 4.79 Å². The third-order valence-corrected chi connectivity index (χ3v) is 6.41. The molecular weight excluding hydrogens is 452 g/mol. The second-order valence-electron chi connectivity index (χ2n) is 9.36. The molecular formula is C29H34N4O3. The highest BCUT2D eigenvalue weighted by Crippen LogP contribution is 2.27. The van der Waals surface area contributed by atoms with Gasteiger partial charge in [-0.15, -0.1) is 0 Å². The number of aryl methyl sites for hydroxylation is 1. The second-order valence-corrected chi connectivity index (χ2v) is 9.36. The standard InChI is InChI=1S/C29H34N4O3/c1-20(2)14-16-32(29(34)24-13-12-23(35-4)17-26(24)36-5)19-27-31-25-11-8-15-30-28(25)33(27)18-22-10-7-6-9-21(22)3/h6-13,15,17,20H,14,16,18-19H2,1-5H3. The third kappa shape index (κ3) is 5.51. The molecule has 7 heteroatoms. The highest BCUT2D eigenvalue weighted by atomic mass is 16.5. The molecule has 2 aromatic heterocycles. The summed E-state index contributed by atoms with van der Waals surface area (Å²) in [6.07, 6.45) is 2.66. The maximum atomic E-state index is 13.8. The number of imidazole rings is 1. The van der Waals surface area contributed by atoms with E-state index in [-0.39, 0.29) is 5.91 Å². The Balaban J connectivity index is 1.73. The first-order chi connectivity index (χ1) is 17.4. The van der Waals surface area contributed by atoms with Crippen LogP contribution >= 0.6 is 0 Å². The Kier molecular flexibility index (Phi) is 7.88. The zero-order valence-electron chi connectivity index (χ0n) is 21.7. The zero-order valence-corrected chi connectivity index (χ0v) is 21.7. The summed E-state index contributed by atoms with van der Waals surface area (Å²) < 4.78 is 13.0. The quantitative estimate of drug-likeness (QED) is 0.296. The number of hydrogen-bond donors (Lipinski definition) is 0. The molecule has 2 aromatic carbocycles. The molecule has 0 spiro atoms. The van der Waals surface area contributed by atoms with Crippen molar-refractivity contribution in [3.63, 3.8) is 0 Å². The van der Waals surface area contributed by atoms with Crippen molar-refractivity contribution in [2.75, 3.05) is 20.8 Å². The molecule has 0 N–H and O–H groups in total. The summed E-state index contributed by atoms with van der Waals surface area (Å²) in [6, 6.07) is 17.5. The lowest BCUT2D eigenvalue weighted by Crippen LogP contribution is -2.33. The van der Waals surface area contributed by atoms with E-state index < -0.39 is 0 Å². The van der Waals surface area contributed by atoms with Gasteiger partial charge in [-0.2, -0.15) is 0 Å². The topological polar surface area (TPSA) is 69.5 Å². The van der Waals surface area contributed by atoms with E-state index in [1.54, 1.807) is 38.6 Å². The SMILES string of the molecule is COc1ccc(C(=O)N(CCC(C)C)Cc2nc3cccnc3n2Cc2ccccc2C)c(OC)c1. The average Bonchev–Trinajstić information content (AvgIpc) is 3.23. The number of methoxy groups -OCH3 is 2. The summed E-state index contributed by atoms with van der Waals surface area (Å²) in [5, 5.41) is 0. The normalized spacial score (nSPS) is 11.2. The Morgan fingerprint density at radius 1 is 1.06 bits per heavy atom. The Morgan fingerprint density at radius 2 is 1.86 bits per heavy atom. The molecule has 0 aliphatic rings. The van der Waals surface area contributed by atoms with Crippen LogP contribution in [0.5, 0.6) is 11.5 Å². The van der Waals surface area contributed by atoms with E-state index in [0.717, 1.165) is 23.4 Å². The van der Waals surface area contributed by atoms with Gasteiger partial charge in [0.25, 0.3) is 5.91 Å². The van der Waals surface area contributed by atoms with Crippen LogP contribution in [0.15, 0.2) is 60.8 Å². The molecule has 0 unspecified atom stereocenters. The molecule has 0 atom stereocenters. The van der Waals surface area contributed by atoms with Gasteiger partial charge in [-0.05, 0) is 54.7 Å². The molecule has 0 fully saturated rings. The first-order valence-corrected chi connectivity index (χ1v) is 12.3. The van der Waals surface area contributed by atoms with Crippen molar-refractivity contribution >= 4 is 17.1 Å². The Hall–Kier alpha value is -3.87. The number of carbonyl (C=O) groups excluding carboxylic acids is 1. The molecule has 0 bridgehead atoms. The summed E-state index contributed by atoms with van der Waals surface area (Å²) in [6.45, 7) is 8.03. The number of benzene rings is 2. The van der Waals surface area contributed by atoms with E-state index in [9.17, 15) is 4.79 Å². The van der Waals surface area contributed by atoms with Gasteiger partial charge in [0.05, 0.1) is 32.9 Å². The Morgan fingerprint density at radius 3 is 2.58 bits per heavy atom. The minimum atomic E-state index is -0.0994. The Labute approximate surface area is 212 Å². The van der Waals surface area contributed by atoms with Gasteiger partial charge in [0.2, 0.25) is 0 Å². The van der Waals surface area contributed by atoms with Gasteiger partial charge >= 0.3 is 0 Å². The lowest BCUT2D eigenvalue weighted by molar-refractivity contribution is 0.0726. The van der Waals surface area contributed by atoms with Gasteiger partial charge in [0.1, 0.15) is 22.8 Å². The van der Waals surface area contributed by atoms with Gasteiger partial charge < -0.3 is 18.9 Å². The summed E-state index contributed by atoms with van der Waals surface area (Å²) >= 11 is 0. The second kappa shape index (κ2) is 11.2. The van der Waals surface area contributed by atoms with Crippen LogP contribution in [0.3, 0.4) is 0 Å². The van der Waals surface area contributed by atoms with Crippen molar-refractivity contribution in [1.82, 2.24) is 19.4 Å². The van der Waals surface area contributed by atoms with E-state index >= 15 is 0 Å². The first-order valence-electron chi connectivity index (χ1n) is 12.3. The molecule has 2 heterocycles. The fourth-order valence-electron chi connectivity index (χ4n) is 4.23. The van der Waals surface area contributed by atoms with Crippen LogP contribution in [0.1, 0.15) is 47.6 Å². The Bertz CT molecular complexity index is 1350. The predicted molar refractivity (Wildman–Crippen MR) is 142 cm³/mol. The number of hydrogen-bond acceptors (Lipinski definition) is 5. The van der Waals surface area contributed by atoms with E-state index in [0.29, 0.717) is 42.6 Å². The molecule has 0 saturated carbocycles. The summed E-state index contributed by atoms with van der Waals surface area (Å²) in [4.78, 5) is 25.2. The molecule has 0 saturated heterocycles. The van der Waals surface area contributed by atoms with Crippen LogP contribution in [0.2, 0.25) is 0 Å². The number of nitrogens with zero attached hydrogens (tertiary/aromatic N) is 4. The van der Waals surface area contributed by atoms with Crippen LogP contribution in [0, 0.1) is 12.8 Å². The van der Waals surface area contributed by atoms with Crippen LogP contribution in [0.25, 0.3) is 11.2 Å². The van der Waals surface area contributed by atoms with Crippen molar-refractivity contribution in [2.45, 2.75) is 40.3 Å². The first kappa shape index (κ1) is 25.2. The van der Waals surface area contributed by atoms with Crippen LogP contribution < -0.4 is 9.47 Å². The van der Waals surface area contributed by atoms with Crippen LogP contribution in [0.4, 0.5) is 0 Å². The molecule has 7 nitrogen and oxygen atoms in total. The van der Waals surface area contributed by atoms with E-state index in [2.05, 4.69) is 42.5 Å².